The zero-order chi connectivity index (χ0) is 21.8. The van der Waals surface area contributed by atoms with Gasteiger partial charge in [0.1, 0.15) is 5.60 Å². The van der Waals surface area contributed by atoms with Crippen LogP contribution < -0.4 is 10.9 Å². The van der Waals surface area contributed by atoms with Crippen LogP contribution in [0, 0.1) is 5.92 Å². The fourth-order valence-electron chi connectivity index (χ4n) is 2.78. The van der Waals surface area contributed by atoms with Crippen LogP contribution in [0.3, 0.4) is 0 Å². The van der Waals surface area contributed by atoms with Gasteiger partial charge in [-0.3, -0.25) is 20.4 Å². The van der Waals surface area contributed by atoms with Gasteiger partial charge < -0.3 is 9.64 Å². The molecule has 1 aromatic rings. The molecule has 0 spiro atoms. The summed E-state index contributed by atoms with van der Waals surface area (Å²) >= 11 is 0. The van der Waals surface area contributed by atoms with Crippen LogP contribution in [-0.4, -0.2) is 41.5 Å². The van der Waals surface area contributed by atoms with Crippen molar-refractivity contribution in [2.24, 2.45) is 5.92 Å². The lowest BCUT2D eigenvalue weighted by molar-refractivity contribution is -0.137. The molecule has 2 N–H and O–H groups in total. The molecule has 0 atom stereocenters. The largest absolute Gasteiger partial charge is 0.444 e. The number of carbonyl (C=O) groups is 3. The minimum atomic E-state index is -4.57. The maximum Gasteiger partial charge on any atom is 0.416 e. The van der Waals surface area contributed by atoms with E-state index >= 15 is 0 Å². The Morgan fingerprint density at radius 2 is 1.69 bits per heavy atom. The molecule has 2 rings (SSSR count). The molecule has 1 aliphatic rings. The fraction of sp³-hybridized carbons (Fsp3) is 0.526. The Labute approximate surface area is 166 Å². The van der Waals surface area contributed by atoms with E-state index in [0.29, 0.717) is 32.0 Å². The van der Waals surface area contributed by atoms with Crippen molar-refractivity contribution in [1.82, 2.24) is 15.8 Å². The second kappa shape index (κ2) is 8.71. The molecule has 0 radical (unpaired) electrons. The lowest BCUT2D eigenvalue weighted by Crippen LogP contribution is -2.48. The summed E-state index contributed by atoms with van der Waals surface area (Å²) < 4.78 is 43.5. The van der Waals surface area contributed by atoms with Crippen LogP contribution >= 0.6 is 0 Å². The molecule has 29 heavy (non-hydrogen) atoms. The fourth-order valence-corrected chi connectivity index (χ4v) is 2.78. The first-order chi connectivity index (χ1) is 13.4. The first-order valence-electron chi connectivity index (χ1n) is 9.12. The maximum atomic E-state index is 12.7. The third kappa shape index (κ3) is 6.65. The van der Waals surface area contributed by atoms with Crippen molar-refractivity contribution >= 4 is 17.9 Å². The molecule has 0 saturated carbocycles. The van der Waals surface area contributed by atoms with E-state index in [1.807, 2.05) is 0 Å². The number of hydrazine groups is 1. The highest BCUT2D eigenvalue weighted by Gasteiger charge is 2.32. The summed E-state index contributed by atoms with van der Waals surface area (Å²) in [6.07, 6.45) is -4.26. The van der Waals surface area contributed by atoms with Crippen molar-refractivity contribution in [2.75, 3.05) is 13.1 Å². The number of benzene rings is 1. The number of piperidine rings is 1. The van der Waals surface area contributed by atoms with Crippen molar-refractivity contribution in [2.45, 2.75) is 45.4 Å². The van der Waals surface area contributed by atoms with E-state index in [1.54, 1.807) is 20.8 Å². The van der Waals surface area contributed by atoms with Crippen molar-refractivity contribution in [3.63, 3.8) is 0 Å². The van der Waals surface area contributed by atoms with Gasteiger partial charge in [0.2, 0.25) is 5.91 Å². The van der Waals surface area contributed by atoms with Crippen LogP contribution in [-0.2, 0) is 15.7 Å². The Bertz CT molecular complexity index is 767. The molecule has 3 amide bonds. The van der Waals surface area contributed by atoms with Gasteiger partial charge >= 0.3 is 12.3 Å². The van der Waals surface area contributed by atoms with Crippen LogP contribution in [0.15, 0.2) is 24.3 Å². The molecule has 1 saturated heterocycles. The average Bonchev–Trinajstić information content (AvgIpc) is 2.64. The second-order valence-electron chi connectivity index (χ2n) is 7.76. The van der Waals surface area contributed by atoms with Gasteiger partial charge in [-0.05, 0) is 51.8 Å². The summed E-state index contributed by atoms with van der Waals surface area (Å²) in [6.45, 7) is 5.94. The predicted molar refractivity (Wildman–Crippen MR) is 97.6 cm³/mol. The first kappa shape index (κ1) is 22.5. The Balaban J connectivity index is 1.83. The zero-order valence-corrected chi connectivity index (χ0v) is 16.4. The van der Waals surface area contributed by atoms with E-state index in [9.17, 15) is 27.6 Å². The van der Waals surface area contributed by atoms with Gasteiger partial charge in [0, 0.05) is 24.6 Å². The molecule has 160 valence electrons. The predicted octanol–water partition coefficient (Wildman–Crippen LogP) is 3.11. The Morgan fingerprint density at radius 1 is 1.07 bits per heavy atom. The Morgan fingerprint density at radius 3 is 2.24 bits per heavy atom. The van der Waals surface area contributed by atoms with E-state index in [4.69, 9.17) is 4.74 Å². The van der Waals surface area contributed by atoms with Crippen LogP contribution in [0.5, 0.6) is 0 Å². The minimum absolute atomic E-state index is 0.222. The van der Waals surface area contributed by atoms with E-state index < -0.39 is 41.2 Å². The Kier molecular flexibility index (Phi) is 6.76. The van der Waals surface area contributed by atoms with Gasteiger partial charge in [-0.15, -0.1) is 0 Å². The van der Waals surface area contributed by atoms with Crippen molar-refractivity contribution < 1.29 is 32.3 Å². The SMILES string of the molecule is CC(C)(C)OC(=O)N1CCC(C(=O)NNC(=O)c2cccc(C(F)(F)F)c2)CC1. The molecule has 10 heteroatoms. The van der Waals surface area contributed by atoms with Crippen molar-refractivity contribution in [3.8, 4) is 0 Å². The molecule has 0 aromatic heterocycles. The second-order valence-corrected chi connectivity index (χ2v) is 7.76. The molecule has 1 heterocycles. The van der Waals surface area contributed by atoms with Gasteiger partial charge in [-0.2, -0.15) is 13.2 Å². The molecule has 1 aliphatic heterocycles. The third-order valence-corrected chi connectivity index (χ3v) is 4.27. The molecule has 1 aromatic carbocycles. The molecular weight excluding hydrogens is 391 g/mol. The minimum Gasteiger partial charge on any atom is -0.444 e. The summed E-state index contributed by atoms with van der Waals surface area (Å²) in [5.74, 6) is -1.75. The van der Waals surface area contributed by atoms with Gasteiger partial charge in [-0.25, -0.2) is 4.79 Å². The first-order valence-corrected chi connectivity index (χ1v) is 9.12. The highest BCUT2D eigenvalue weighted by molar-refractivity contribution is 5.95. The third-order valence-electron chi connectivity index (χ3n) is 4.27. The number of hydrogen-bond donors (Lipinski definition) is 2. The molecule has 0 unspecified atom stereocenters. The number of ether oxygens (including phenoxy) is 1. The zero-order valence-electron chi connectivity index (χ0n) is 16.4. The van der Waals surface area contributed by atoms with Crippen LogP contribution in [0.4, 0.5) is 18.0 Å². The quantitative estimate of drug-likeness (QED) is 0.727. The number of amides is 3. The molecular formula is C19H24F3N3O4. The highest BCUT2D eigenvalue weighted by atomic mass is 19.4. The molecule has 1 fully saturated rings. The Hall–Kier alpha value is -2.78. The number of halogens is 3. The molecule has 7 nitrogen and oxygen atoms in total. The van der Waals surface area contributed by atoms with E-state index in [1.165, 1.54) is 11.0 Å². The van der Waals surface area contributed by atoms with Gasteiger partial charge in [0.15, 0.2) is 0 Å². The summed E-state index contributed by atoms with van der Waals surface area (Å²) in [5.41, 5.74) is 2.58. The van der Waals surface area contributed by atoms with Gasteiger partial charge in [0.05, 0.1) is 5.56 Å². The maximum absolute atomic E-state index is 12.7. The normalized spacial score (nSPS) is 15.6. The average molecular weight is 415 g/mol. The number of carbonyl (C=O) groups excluding carboxylic acids is 3. The summed E-state index contributed by atoms with van der Waals surface area (Å²) in [7, 11) is 0. The van der Waals surface area contributed by atoms with Crippen molar-refractivity contribution in [3.05, 3.63) is 35.4 Å². The lowest BCUT2D eigenvalue weighted by atomic mass is 9.96. The van der Waals surface area contributed by atoms with Gasteiger partial charge in [-0.1, -0.05) is 6.07 Å². The van der Waals surface area contributed by atoms with Crippen LogP contribution in [0.1, 0.15) is 49.5 Å². The standard InChI is InChI=1S/C19H24F3N3O4/c1-18(2,3)29-17(28)25-9-7-12(8-10-25)15(26)23-24-16(27)13-5-4-6-14(11-13)19(20,21)22/h4-6,11-12H,7-10H2,1-3H3,(H,23,26)(H,24,27). The number of rotatable bonds is 2. The van der Waals surface area contributed by atoms with Gasteiger partial charge in [0.25, 0.3) is 5.91 Å². The number of nitrogens with zero attached hydrogens (tertiary/aromatic N) is 1. The number of alkyl halides is 3. The van der Waals surface area contributed by atoms with Crippen LogP contribution in [0.2, 0.25) is 0 Å². The highest BCUT2D eigenvalue weighted by Crippen LogP contribution is 2.29. The smallest absolute Gasteiger partial charge is 0.416 e. The van der Waals surface area contributed by atoms with Crippen molar-refractivity contribution in [1.29, 1.82) is 0 Å². The van der Waals surface area contributed by atoms with E-state index in [2.05, 4.69) is 10.9 Å². The molecule has 0 bridgehead atoms. The summed E-state index contributed by atoms with van der Waals surface area (Å²) in [4.78, 5) is 37.8. The van der Waals surface area contributed by atoms with E-state index in [0.717, 1.165) is 12.1 Å². The number of likely N-dealkylation sites (tertiary alicyclic amines) is 1. The monoisotopic (exact) mass is 415 g/mol. The number of nitrogens with one attached hydrogen (secondary N) is 2. The number of hydrogen-bond acceptors (Lipinski definition) is 4. The molecule has 0 aliphatic carbocycles. The topological polar surface area (TPSA) is 87.7 Å². The summed E-state index contributed by atoms with van der Waals surface area (Å²) in [5, 5.41) is 0. The lowest BCUT2D eigenvalue weighted by Gasteiger charge is -2.32. The van der Waals surface area contributed by atoms with Crippen LogP contribution in [0.25, 0.3) is 0 Å². The van der Waals surface area contributed by atoms with E-state index in [-0.39, 0.29) is 5.56 Å². The summed E-state index contributed by atoms with van der Waals surface area (Å²) in [6, 6.07) is 3.90.